The van der Waals surface area contributed by atoms with E-state index in [0.717, 1.165) is 38.0 Å². The predicted molar refractivity (Wildman–Crippen MR) is 83.7 cm³/mol. The van der Waals surface area contributed by atoms with Gasteiger partial charge in [0.15, 0.2) is 0 Å². The van der Waals surface area contributed by atoms with Crippen molar-refractivity contribution in [1.29, 1.82) is 0 Å². The molecular weight excluding hydrogens is 274 g/mol. The van der Waals surface area contributed by atoms with E-state index < -0.39 is 0 Å². The number of carbonyl (C=O) groups is 1. The van der Waals surface area contributed by atoms with E-state index in [1.807, 2.05) is 19.1 Å². The summed E-state index contributed by atoms with van der Waals surface area (Å²) in [6.45, 7) is 4.84. The monoisotopic (exact) mass is 297 g/mol. The second kappa shape index (κ2) is 9.65. The lowest BCUT2D eigenvalue weighted by Gasteiger charge is -2.13. The number of halogens is 1. The highest BCUT2D eigenvalue weighted by atomic mass is 35.5. The molecule has 0 aliphatic rings. The average molecular weight is 298 g/mol. The van der Waals surface area contributed by atoms with Crippen molar-refractivity contribution in [2.24, 2.45) is 0 Å². The quantitative estimate of drug-likeness (QED) is 0.552. The van der Waals surface area contributed by atoms with Crippen LogP contribution >= 0.6 is 11.6 Å². The molecular formula is C16H24ClNO2. The third kappa shape index (κ3) is 6.29. The summed E-state index contributed by atoms with van der Waals surface area (Å²) in [6.07, 6.45) is 3.96. The molecule has 1 amide bonds. The Balaban J connectivity index is 2.44. The summed E-state index contributed by atoms with van der Waals surface area (Å²) in [6, 6.07) is 7.42. The molecule has 1 N–H and O–H groups in total. The number of hydrogen-bond acceptors (Lipinski definition) is 2. The Morgan fingerprint density at radius 1 is 1.30 bits per heavy atom. The molecule has 20 heavy (non-hydrogen) atoms. The Morgan fingerprint density at radius 3 is 2.60 bits per heavy atom. The molecule has 1 atom stereocenters. The lowest BCUT2D eigenvalue weighted by Crippen LogP contribution is -2.32. The van der Waals surface area contributed by atoms with E-state index in [2.05, 4.69) is 12.2 Å². The predicted octanol–water partition coefficient (Wildman–Crippen LogP) is 4.00. The maximum absolute atomic E-state index is 12.0. The molecule has 0 saturated heterocycles. The third-order valence-corrected chi connectivity index (χ3v) is 3.30. The van der Waals surface area contributed by atoms with Gasteiger partial charge in [-0.25, -0.2) is 0 Å². The zero-order valence-corrected chi connectivity index (χ0v) is 13.1. The van der Waals surface area contributed by atoms with Crippen molar-refractivity contribution < 1.29 is 9.53 Å². The minimum atomic E-state index is -0.0489. The fraction of sp³-hybridized carbons (Fsp3) is 0.562. The number of alkyl halides is 1. The summed E-state index contributed by atoms with van der Waals surface area (Å²) in [5.74, 6) is 1.39. The van der Waals surface area contributed by atoms with Crippen molar-refractivity contribution in [1.82, 2.24) is 5.32 Å². The fourth-order valence-electron chi connectivity index (χ4n) is 1.80. The van der Waals surface area contributed by atoms with Crippen LogP contribution in [0.25, 0.3) is 0 Å². The van der Waals surface area contributed by atoms with E-state index in [4.69, 9.17) is 16.3 Å². The molecule has 4 heteroatoms. The van der Waals surface area contributed by atoms with Gasteiger partial charge in [-0.2, -0.15) is 0 Å². The molecule has 112 valence electrons. The van der Waals surface area contributed by atoms with Crippen molar-refractivity contribution in [2.45, 2.75) is 45.6 Å². The van der Waals surface area contributed by atoms with Gasteiger partial charge in [0, 0.05) is 17.5 Å². The first-order valence-corrected chi connectivity index (χ1v) is 7.80. The summed E-state index contributed by atoms with van der Waals surface area (Å²) in [5, 5.41) is 2.96. The van der Waals surface area contributed by atoms with Crippen molar-refractivity contribution in [2.75, 3.05) is 12.5 Å². The van der Waals surface area contributed by atoms with Crippen LogP contribution in [0.15, 0.2) is 24.3 Å². The molecule has 0 spiro atoms. The van der Waals surface area contributed by atoms with Crippen molar-refractivity contribution >= 4 is 17.5 Å². The van der Waals surface area contributed by atoms with Gasteiger partial charge < -0.3 is 10.1 Å². The highest BCUT2D eigenvalue weighted by molar-refractivity contribution is 6.17. The molecule has 0 saturated carbocycles. The average Bonchev–Trinajstić information content (AvgIpc) is 2.46. The highest BCUT2D eigenvalue weighted by Gasteiger charge is 2.09. The molecule has 0 aliphatic carbocycles. The van der Waals surface area contributed by atoms with Gasteiger partial charge in [-0.1, -0.05) is 13.3 Å². The van der Waals surface area contributed by atoms with Gasteiger partial charge in [-0.15, -0.1) is 11.6 Å². The Kier molecular flexibility index (Phi) is 8.12. The number of carbonyl (C=O) groups excluding carboxylic acids is 1. The van der Waals surface area contributed by atoms with Gasteiger partial charge in [0.05, 0.1) is 6.61 Å². The number of nitrogens with one attached hydrogen (secondary N) is 1. The summed E-state index contributed by atoms with van der Waals surface area (Å²) < 4.78 is 5.57. The normalized spacial score (nSPS) is 11.9. The Bertz CT molecular complexity index is 392. The zero-order valence-electron chi connectivity index (χ0n) is 12.3. The van der Waals surface area contributed by atoms with E-state index in [0.29, 0.717) is 11.4 Å². The number of unbranched alkanes of at least 4 members (excludes halogenated alkanes) is 1. The SMILES string of the molecule is CCCCOc1ccc(C(=O)NC(C)CCCCl)cc1. The van der Waals surface area contributed by atoms with Crippen molar-refractivity contribution in [3.8, 4) is 5.75 Å². The van der Waals surface area contributed by atoms with Gasteiger partial charge >= 0.3 is 0 Å². The number of amides is 1. The molecule has 0 radical (unpaired) electrons. The maximum Gasteiger partial charge on any atom is 0.251 e. The lowest BCUT2D eigenvalue weighted by molar-refractivity contribution is 0.0938. The number of hydrogen-bond donors (Lipinski definition) is 1. The first kappa shape index (κ1) is 16.8. The van der Waals surface area contributed by atoms with Gasteiger partial charge in [-0.05, 0) is 50.5 Å². The fourth-order valence-corrected chi connectivity index (χ4v) is 1.95. The number of ether oxygens (including phenoxy) is 1. The van der Waals surface area contributed by atoms with Crippen LogP contribution in [0.5, 0.6) is 5.75 Å². The summed E-state index contributed by atoms with van der Waals surface area (Å²) >= 11 is 5.64. The molecule has 1 aromatic carbocycles. The molecule has 0 aliphatic heterocycles. The first-order valence-electron chi connectivity index (χ1n) is 7.27. The van der Waals surface area contributed by atoms with E-state index in [9.17, 15) is 4.79 Å². The number of rotatable bonds is 9. The van der Waals surface area contributed by atoms with Crippen LogP contribution in [0.3, 0.4) is 0 Å². The van der Waals surface area contributed by atoms with Crippen LogP contribution in [0.4, 0.5) is 0 Å². The molecule has 0 heterocycles. The minimum absolute atomic E-state index is 0.0489. The maximum atomic E-state index is 12.0. The topological polar surface area (TPSA) is 38.3 Å². The van der Waals surface area contributed by atoms with E-state index in [1.165, 1.54) is 0 Å². The van der Waals surface area contributed by atoms with Crippen LogP contribution in [0.2, 0.25) is 0 Å². The van der Waals surface area contributed by atoms with Crippen LogP contribution < -0.4 is 10.1 Å². The zero-order chi connectivity index (χ0) is 14.8. The Hall–Kier alpha value is -1.22. The smallest absolute Gasteiger partial charge is 0.251 e. The largest absolute Gasteiger partial charge is 0.494 e. The molecule has 0 fully saturated rings. The minimum Gasteiger partial charge on any atom is -0.494 e. The number of benzene rings is 1. The Labute approximate surface area is 126 Å². The van der Waals surface area contributed by atoms with Crippen LogP contribution in [0.1, 0.15) is 49.9 Å². The van der Waals surface area contributed by atoms with Crippen LogP contribution in [-0.4, -0.2) is 24.4 Å². The van der Waals surface area contributed by atoms with Crippen LogP contribution in [-0.2, 0) is 0 Å². The molecule has 1 aromatic rings. The van der Waals surface area contributed by atoms with E-state index in [-0.39, 0.29) is 11.9 Å². The molecule has 0 aromatic heterocycles. The van der Waals surface area contributed by atoms with Gasteiger partial charge in [0.1, 0.15) is 5.75 Å². The summed E-state index contributed by atoms with van der Waals surface area (Å²) in [5.41, 5.74) is 0.658. The van der Waals surface area contributed by atoms with Gasteiger partial charge in [0.2, 0.25) is 0 Å². The van der Waals surface area contributed by atoms with Crippen molar-refractivity contribution in [3.05, 3.63) is 29.8 Å². The van der Waals surface area contributed by atoms with Crippen LogP contribution in [0, 0.1) is 0 Å². The molecule has 1 rings (SSSR count). The summed E-state index contributed by atoms with van der Waals surface area (Å²) in [7, 11) is 0. The molecule has 1 unspecified atom stereocenters. The molecule has 0 bridgehead atoms. The van der Waals surface area contributed by atoms with E-state index >= 15 is 0 Å². The van der Waals surface area contributed by atoms with Gasteiger partial charge in [-0.3, -0.25) is 4.79 Å². The highest BCUT2D eigenvalue weighted by Crippen LogP contribution is 2.13. The van der Waals surface area contributed by atoms with Gasteiger partial charge in [0.25, 0.3) is 5.91 Å². The lowest BCUT2D eigenvalue weighted by atomic mass is 10.1. The third-order valence-electron chi connectivity index (χ3n) is 3.03. The first-order chi connectivity index (χ1) is 9.67. The summed E-state index contributed by atoms with van der Waals surface area (Å²) in [4.78, 5) is 12.0. The van der Waals surface area contributed by atoms with E-state index in [1.54, 1.807) is 12.1 Å². The van der Waals surface area contributed by atoms with Crippen molar-refractivity contribution in [3.63, 3.8) is 0 Å². The standard InChI is InChI=1S/C16H24ClNO2/c1-3-4-12-20-15-9-7-14(8-10-15)16(19)18-13(2)6-5-11-17/h7-10,13H,3-6,11-12H2,1-2H3,(H,18,19). The second-order valence-electron chi connectivity index (χ2n) is 4.93. The Morgan fingerprint density at radius 2 is 2.00 bits per heavy atom. The molecule has 3 nitrogen and oxygen atoms in total. The second-order valence-corrected chi connectivity index (χ2v) is 5.31.